The Morgan fingerprint density at radius 2 is 1.77 bits per heavy atom. The van der Waals surface area contributed by atoms with Gasteiger partial charge >= 0.3 is 17.9 Å². The second kappa shape index (κ2) is 15.2. The molecule has 40 heavy (non-hydrogen) atoms. The van der Waals surface area contributed by atoms with Crippen LogP contribution in [0.25, 0.3) is 0 Å². The Kier molecular flexibility index (Phi) is 12.4. The molecule has 0 aromatic heterocycles. The molecule has 0 saturated carbocycles. The third-order valence-corrected chi connectivity index (χ3v) is 6.31. The number of aliphatic hydroxyl groups is 2. The van der Waals surface area contributed by atoms with Crippen molar-refractivity contribution in [2.24, 2.45) is 5.73 Å². The fourth-order valence-electron chi connectivity index (χ4n) is 4.15. The molecular weight excluding hydrogens is 534 g/mol. The Labute approximate surface area is 230 Å². The summed E-state index contributed by atoms with van der Waals surface area (Å²) in [6, 6.07) is 3.73. The van der Waals surface area contributed by atoms with Crippen LogP contribution in [-0.2, 0) is 38.1 Å². The number of rotatable bonds is 13. The SMILES string of the molecule is COC(=O)CC[C@@H](NC(=O)[C@H](C)N(C(=O)c1ccccc1)C1O[C@H](CO)[C@@H](O)[C@H](OCC(=O)O)[C@H]1N)C(=O)OC. The van der Waals surface area contributed by atoms with Gasteiger partial charge in [-0.15, -0.1) is 0 Å². The van der Waals surface area contributed by atoms with Crippen molar-refractivity contribution in [3.63, 3.8) is 0 Å². The summed E-state index contributed by atoms with van der Waals surface area (Å²) in [7, 11) is 2.27. The second-order valence-corrected chi connectivity index (χ2v) is 8.94. The van der Waals surface area contributed by atoms with Crippen molar-refractivity contribution in [2.75, 3.05) is 27.4 Å². The lowest BCUT2D eigenvalue weighted by Crippen LogP contribution is -2.70. The van der Waals surface area contributed by atoms with E-state index in [-0.39, 0.29) is 18.4 Å². The molecule has 0 radical (unpaired) electrons. The molecule has 0 spiro atoms. The monoisotopic (exact) mass is 569 g/mol. The summed E-state index contributed by atoms with van der Waals surface area (Å²) in [5, 5.41) is 31.9. The van der Waals surface area contributed by atoms with E-state index in [1.54, 1.807) is 18.2 Å². The van der Waals surface area contributed by atoms with Crippen molar-refractivity contribution in [3.8, 4) is 0 Å². The summed E-state index contributed by atoms with van der Waals surface area (Å²) >= 11 is 0. The summed E-state index contributed by atoms with van der Waals surface area (Å²) in [6.07, 6.45) is -6.19. The number of amides is 2. The van der Waals surface area contributed by atoms with E-state index in [1.807, 2.05) is 0 Å². The molecular formula is C25H35N3O12. The van der Waals surface area contributed by atoms with E-state index in [0.717, 1.165) is 12.0 Å². The van der Waals surface area contributed by atoms with Gasteiger partial charge < -0.3 is 45.3 Å². The van der Waals surface area contributed by atoms with Crippen molar-refractivity contribution < 1.29 is 58.2 Å². The van der Waals surface area contributed by atoms with Crippen LogP contribution in [0.5, 0.6) is 0 Å². The molecule has 222 valence electrons. The molecule has 15 heteroatoms. The molecule has 2 rings (SSSR count). The number of benzene rings is 1. The van der Waals surface area contributed by atoms with Crippen molar-refractivity contribution in [2.45, 2.75) is 62.4 Å². The Morgan fingerprint density at radius 3 is 2.33 bits per heavy atom. The van der Waals surface area contributed by atoms with Gasteiger partial charge in [0, 0.05) is 12.0 Å². The normalized spacial score (nSPS) is 23.8. The first kappa shape index (κ1) is 32.6. The number of carbonyl (C=O) groups is 5. The molecule has 0 bridgehead atoms. The fraction of sp³-hybridized carbons (Fsp3) is 0.560. The molecule has 7 atom stereocenters. The highest BCUT2D eigenvalue weighted by molar-refractivity contribution is 5.98. The Morgan fingerprint density at radius 1 is 1.12 bits per heavy atom. The van der Waals surface area contributed by atoms with Crippen LogP contribution in [0.4, 0.5) is 0 Å². The van der Waals surface area contributed by atoms with Crippen molar-refractivity contribution in [1.82, 2.24) is 10.2 Å². The maximum absolute atomic E-state index is 13.7. The van der Waals surface area contributed by atoms with Gasteiger partial charge in [-0.05, 0) is 25.5 Å². The number of aliphatic hydroxyl groups excluding tert-OH is 2. The zero-order valence-corrected chi connectivity index (χ0v) is 22.3. The van der Waals surface area contributed by atoms with Gasteiger partial charge in [-0.2, -0.15) is 0 Å². The third kappa shape index (κ3) is 8.19. The standard InChI is InChI=1S/C25H35N3O12/c1-13(22(34)27-15(25(36)38-3)9-10-18(32)37-2)28(23(35)14-7-5-4-6-8-14)24-19(26)21(39-12-17(30)31)20(33)16(11-29)40-24/h4-8,13,15-16,19-21,24,29,33H,9-12,26H2,1-3H3,(H,27,34)(H,30,31)/t13-,15+,16+,19+,20+,21+,24?/m0/s1. The minimum Gasteiger partial charge on any atom is -0.480 e. The molecule has 1 aliphatic rings. The smallest absolute Gasteiger partial charge is 0.329 e. The molecule has 1 aromatic carbocycles. The number of methoxy groups -OCH3 is 2. The molecule has 15 nitrogen and oxygen atoms in total. The van der Waals surface area contributed by atoms with Crippen molar-refractivity contribution >= 4 is 29.7 Å². The highest BCUT2D eigenvalue weighted by atomic mass is 16.6. The number of aliphatic carboxylic acids is 1. The zero-order valence-electron chi connectivity index (χ0n) is 22.3. The maximum Gasteiger partial charge on any atom is 0.329 e. The third-order valence-electron chi connectivity index (χ3n) is 6.31. The molecule has 2 amide bonds. The van der Waals surface area contributed by atoms with Crippen LogP contribution in [0.2, 0.25) is 0 Å². The number of esters is 2. The van der Waals surface area contributed by atoms with E-state index in [0.29, 0.717) is 0 Å². The number of hydrogen-bond acceptors (Lipinski definition) is 12. The molecule has 1 aliphatic heterocycles. The van der Waals surface area contributed by atoms with E-state index < -0.39 is 85.6 Å². The summed E-state index contributed by atoms with van der Waals surface area (Å²) in [5.74, 6) is -4.41. The lowest BCUT2D eigenvalue weighted by molar-refractivity contribution is -0.233. The van der Waals surface area contributed by atoms with Gasteiger partial charge in [0.15, 0.2) is 6.23 Å². The van der Waals surface area contributed by atoms with E-state index in [2.05, 4.69) is 10.1 Å². The van der Waals surface area contributed by atoms with E-state index in [9.17, 15) is 34.2 Å². The van der Waals surface area contributed by atoms with E-state index >= 15 is 0 Å². The maximum atomic E-state index is 13.7. The van der Waals surface area contributed by atoms with Gasteiger partial charge in [-0.3, -0.25) is 19.3 Å². The topological polar surface area (TPSA) is 224 Å². The molecule has 1 saturated heterocycles. The number of carboxylic acid groups (broad SMARTS) is 1. The number of carboxylic acids is 1. The Hall–Kier alpha value is -3.63. The first-order valence-corrected chi connectivity index (χ1v) is 12.3. The fourth-order valence-corrected chi connectivity index (χ4v) is 4.15. The highest BCUT2D eigenvalue weighted by Gasteiger charge is 2.49. The van der Waals surface area contributed by atoms with Gasteiger partial charge in [0.25, 0.3) is 5.91 Å². The summed E-state index contributed by atoms with van der Waals surface area (Å²) < 4.78 is 20.3. The summed E-state index contributed by atoms with van der Waals surface area (Å²) in [6.45, 7) is -0.264. The average Bonchev–Trinajstić information content (AvgIpc) is 2.95. The summed E-state index contributed by atoms with van der Waals surface area (Å²) in [4.78, 5) is 63.1. The minimum atomic E-state index is -1.56. The van der Waals surface area contributed by atoms with Crippen molar-refractivity contribution in [1.29, 1.82) is 0 Å². The van der Waals surface area contributed by atoms with Crippen LogP contribution in [0, 0.1) is 0 Å². The lowest BCUT2D eigenvalue weighted by atomic mass is 9.94. The molecule has 1 aromatic rings. The molecule has 1 heterocycles. The number of carbonyl (C=O) groups excluding carboxylic acids is 4. The predicted octanol–water partition coefficient (Wildman–Crippen LogP) is -2.00. The van der Waals surface area contributed by atoms with Crippen LogP contribution in [-0.4, -0.2) is 120 Å². The molecule has 1 fully saturated rings. The summed E-state index contributed by atoms with van der Waals surface area (Å²) in [5.41, 5.74) is 6.43. The minimum absolute atomic E-state index is 0.128. The molecule has 6 N–H and O–H groups in total. The Bertz CT molecular complexity index is 1040. The largest absolute Gasteiger partial charge is 0.480 e. The second-order valence-electron chi connectivity index (χ2n) is 8.94. The van der Waals surface area contributed by atoms with Crippen LogP contribution < -0.4 is 11.1 Å². The van der Waals surface area contributed by atoms with Crippen molar-refractivity contribution in [3.05, 3.63) is 35.9 Å². The van der Waals surface area contributed by atoms with Gasteiger partial charge in [0.2, 0.25) is 5.91 Å². The van der Waals surface area contributed by atoms with Gasteiger partial charge in [0.1, 0.15) is 37.0 Å². The quantitative estimate of drug-likeness (QED) is 0.162. The van der Waals surface area contributed by atoms with Crippen LogP contribution in [0.15, 0.2) is 30.3 Å². The van der Waals surface area contributed by atoms with Gasteiger partial charge in [0.05, 0.1) is 26.9 Å². The number of nitrogens with two attached hydrogens (primary N) is 1. The first-order valence-electron chi connectivity index (χ1n) is 12.3. The molecule has 0 aliphatic carbocycles. The number of nitrogens with zero attached hydrogens (tertiary/aromatic N) is 1. The zero-order chi connectivity index (χ0) is 30.0. The number of nitrogens with one attached hydrogen (secondary N) is 1. The number of ether oxygens (including phenoxy) is 4. The van der Waals surface area contributed by atoms with Crippen LogP contribution >= 0.6 is 0 Å². The number of hydrogen-bond donors (Lipinski definition) is 5. The Balaban J connectivity index is 2.45. The molecule has 1 unspecified atom stereocenters. The van der Waals surface area contributed by atoms with Gasteiger partial charge in [-0.1, -0.05) is 18.2 Å². The van der Waals surface area contributed by atoms with Gasteiger partial charge in [-0.25, -0.2) is 9.59 Å². The average molecular weight is 570 g/mol. The lowest BCUT2D eigenvalue weighted by Gasteiger charge is -2.47. The van der Waals surface area contributed by atoms with E-state index in [1.165, 1.54) is 26.2 Å². The van der Waals surface area contributed by atoms with Crippen LogP contribution in [0.1, 0.15) is 30.1 Å². The van der Waals surface area contributed by atoms with E-state index in [4.69, 9.17) is 25.1 Å². The predicted molar refractivity (Wildman–Crippen MR) is 134 cm³/mol. The highest BCUT2D eigenvalue weighted by Crippen LogP contribution is 2.27. The first-order chi connectivity index (χ1) is 19.0. The van der Waals surface area contributed by atoms with Crippen LogP contribution in [0.3, 0.4) is 0 Å².